The molecule has 0 saturated carbocycles. The molecule has 2 aromatic carbocycles. The fourth-order valence-corrected chi connectivity index (χ4v) is 2.77. The van der Waals surface area contributed by atoms with Crippen LogP contribution < -0.4 is 10.6 Å². The van der Waals surface area contributed by atoms with Gasteiger partial charge in [-0.15, -0.1) is 0 Å². The number of halogens is 3. The van der Waals surface area contributed by atoms with Gasteiger partial charge in [0.1, 0.15) is 0 Å². The summed E-state index contributed by atoms with van der Waals surface area (Å²) in [7, 11) is 1.60. The van der Waals surface area contributed by atoms with E-state index in [0.717, 1.165) is 10.0 Å². The number of hydrogen-bond donors (Lipinski definition) is 2. The summed E-state index contributed by atoms with van der Waals surface area (Å²) in [6.45, 7) is 0.430. The van der Waals surface area contributed by atoms with Crippen LogP contribution in [0.5, 0.6) is 0 Å². The summed E-state index contributed by atoms with van der Waals surface area (Å²) < 4.78 is 0.878. The van der Waals surface area contributed by atoms with Gasteiger partial charge in [0.05, 0.1) is 5.56 Å². The van der Waals surface area contributed by atoms with E-state index >= 15 is 0 Å². The van der Waals surface area contributed by atoms with E-state index in [0.29, 0.717) is 27.8 Å². The average Bonchev–Trinajstić information content (AvgIpc) is 2.46. The number of nitrogens with one attached hydrogen (secondary N) is 2. The molecule has 0 unspecified atom stereocenters. The fourth-order valence-electron chi connectivity index (χ4n) is 1.88. The van der Waals surface area contributed by atoms with Crippen LogP contribution in [-0.4, -0.2) is 13.0 Å². The SMILES string of the molecule is CNC(=O)c1ccc(Br)cc1NCc1c(Cl)cccc1Cl. The lowest BCUT2D eigenvalue weighted by molar-refractivity contribution is 0.0964. The van der Waals surface area contributed by atoms with E-state index in [-0.39, 0.29) is 5.91 Å². The molecule has 2 aromatic rings. The minimum absolute atomic E-state index is 0.157. The molecule has 2 rings (SSSR count). The molecule has 6 heteroatoms. The van der Waals surface area contributed by atoms with Crippen molar-refractivity contribution in [1.82, 2.24) is 5.32 Å². The van der Waals surface area contributed by atoms with Crippen molar-refractivity contribution in [2.45, 2.75) is 6.54 Å². The van der Waals surface area contributed by atoms with Gasteiger partial charge in [-0.05, 0) is 30.3 Å². The summed E-state index contributed by atoms with van der Waals surface area (Å²) >= 11 is 15.7. The Balaban J connectivity index is 2.27. The number of anilines is 1. The maximum Gasteiger partial charge on any atom is 0.253 e. The minimum atomic E-state index is -0.157. The van der Waals surface area contributed by atoms with Gasteiger partial charge in [0.2, 0.25) is 0 Å². The second-order valence-corrected chi connectivity index (χ2v) is 6.05. The fraction of sp³-hybridized carbons (Fsp3) is 0.133. The first-order valence-electron chi connectivity index (χ1n) is 6.21. The first kappa shape index (κ1) is 16.1. The molecule has 21 heavy (non-hydrogen) atoms. The van der Waals surface area contributed by atoms with Crippen molar-refractivity contribution in [2.24, 2.45) is 0 Å². The maximum atomic E-state index is 11.9. The zero-order valence-electron chi connectivity index (χ0n) is 11.2. The Morgan fingerprint density at radius 3 is 2.48 bits per heavy atom. The van der Waals surface area contributed by atoms with Crippen LogP contribution in [0.2, 0.25) is 10.0 Å². The van der Waals surface area contributed by atoms with Crippen LogP contribution in [0.25, 0.3) is 0 Å². The lowest BCUT2D eigenvalue weighted by atomic mass is 10.1. The molecular weight excluding hydrogens is 375 g/mol. The average molecular weight is 388 g/mol. The third-order valence-electron chi connectivity index (χ3n) is 2.97. The molecule has 0 fully saturated rings. The van der Waals surface area contributed by atoms with E-state index in [1.807, 2.05) is 12.1 Å². The Hall–Kier alpha value is -1.23. The summed E-state index contributed by atoms with van der Waals surface area (Å²) in [6, 6.07) is 10.8. The van der Waals surface area contributed by atoms with Gasteiger partial charge in [-0.3, -0.25) is 4.79 Å². The van der Waals surface area contributed by atoms with E-state index in [1.54, 1.807) is 31.3 Å². The molecule has 0 bridgehead atoms. The van der Waals surface area contributed by atoms with Crippen LogP contribution in [0, 0.1) is 0 Å². The summed E-state index contributed by atoms with van der Waals surface area (Å²) in [5.74, 6) is -0.157. The molecule has 0 aromatic heterocycles. The van der Waals surface area contributed by atoms with Crippen molar-refractivity contribution in [1.29, 1.82) is 0 Å². The number of carbonyl (C=O) groups excluding carboxylic acids is 1. The molecule has 0 aliphatic carbocycles. The first-order valence-corrected chi connectivity index (χ1v) is 7.76. The van der Waals surface area contributed by atoms with Gasteiger partial charge in [0.15, 0.2) is 0 Å². The van der Waals surface area contributed by atoms with Crippen molar-refractivity contribution in [3.63, 3.8) is 0 Å². The van der Waals surface area contributed by atoms with E-state index in [1.165, 1.54) is 0 Å². The standard InChI is InChI=1S/C15H13BrCl2N2O/c1-19-15(21)10-6-5-9(16)7-14(10)20-8-11-12(17)3-2-4-13(11)18/h2-7,20H,8H2,1H3,(H,19,21). The number of amides is 1. The highest BCUT2D eigenvalue weighted by Crippen LogP contribution is 2.27. The van der Waals surface area contributed by atoms with E-state index in [9.17, 15) is 4.79 Å². The third-order valence-corrected chi connectivity index (χ3v) is 4.17. The van der Waals surface area contributed by atoms with Crippen LogP contribution in [-0.2, 0) is 6.54 Å². The molecular formula is C15H13BrCl2N2O. The van der Waals surface area contributed by atoms with Crippen LogP contribution >= 0.6 is 39.1 Å². The molecule has 0 saturated heterocycles. The summed E-state index contributed by atoms with van der Waals surface area (Å²) in [4.78, 5) is 11.9. The highest BCUT2D eigenvalue weighted by molar-refractivity contribution is 9.10. The van der Waals surface area contributed by atoms with Gasteiger partial charge in [-0.1, -0.05) is 45.2 Å². The van der Waals surface area contributed by atoms with Crippen molar-refractivity contribution in [2.75, 3.05) is 12.4 Å². The Morgan fingerprint density at radius 2 is 1.86 bits per heavy atom. The molecule has 2 N–H and O–H groups in total. The van der Waals surface area contributed by atoms with Gasteiger partial charge < -0.3 is 10.6 Å². The van der Waals surface area contributed by atoms with Crippen molar-refractivity contribution >= 4 is 50.7 Å². The molecule has 0 aliphatic rings. The monoisotopic (exact) mass is 386 g/mol. The lowest BCUT2D eigenvalue weighted by Crippen LogP contribution is -2.19. The number of rotatable bonds is 4. The lowest BCUT2D eigenvalue weighted by Gasteiger charge is -2.13. The molecule has 0 spiro atoms. The van der Waals surface area contributed by atoms with Crippen LogP contribution in [0.1, 0.15) is 15.9 Å². The molecule has 3 nitrogen and oxygen atoms in total. The molecule has 0 radical (unpaired) electrons. The van der Waals surface area contributed by atoms with E-state index in [2.05, 4.69) is 26.6 Å². The topological polar surface area (TPSA) is 41.1 Å². The van der Waals surface area contributed by atoms with E-state index < -0.39 is 0 Å². The van der Waals surface area contributed by atoms with Gasteiger partial charge >= 0.3 is 0 Å². The van der Waals surface area contributed by atoms with Gasteiger partial charge in [-0.2, -0.15) is 0 Å². The molecule has 110 valence electrons. The minimum Gasteiger partial charge on any atom is -0.380 e. The largest absolute Gasteiger partial charge is 0.380 e. The van der Waals surface area contributed by atoms with Crippen molar-refractivity contribution in [3.8, 4) is 0 Å². The second kappa shape index (κ2) is 7.16. The first-order chi connectivity index (χ1) is 10.0. The molecule has 1 amide bonds. The number of benzene rings is 2. The van der Waals surface area contributed by atoms with Crippen LogP contribution in [0.3, 0.4) is 0 Å². The zero-order chi connectivity index (χ0) is 15.4. The normalized spacial score (nSPS) is 10.3. The highest BCUT2D eigenvalue weighted by Gasteiger charge is 2.12. The number of carbonyl (C=O) groups is 1. The molecule has 0 atom stereocenters. The van der Waals surface area contributed by atoms with Crippen molar-refractivity contribution < 1.29 is 4.79 Å². The molecule has 0 aliphatic heterocycles. The summed E-state index contributed by atoms with van der Waals surface area (Å²) in [6.07, 6.45) is 0. The van der Waals surface area contributed by atoms with Crippen molar-refractivity contribution in [3.05, 3.63) is 62.0 Å². The molecule has 0 heterocycles. The Labute approximate surface area is 141 Å². The predicted molar refractivity (Wildman–Crippen MR) is 91.3 cm³/mol. The zero-order valence-corrected chi connectivity index (χ0v) is 14.3. The Kier molecular flexibility index (Phi) is 5.51. The third kappa shape index (κ3) is 3.90. The highest BCUT2D eigenvalue weighted by atomic mass is 79.9. The van der Waals surface area contributed by atoms with Crippen LogP contribution in [0.15, 0.2) is 40.9 Å². The van der Waals surface area contributed by atoms with Gasteiger partial charge in [-0.25, -0.2) is 0 Å². The predicted octanol–water partition coefficient (Wildman–Crippen LogP) is 4.73. The maximum absolute atomic E-state index is 11.9. The Morgan fingerprint density at radius 1 is 1.19 bits per heavy atom. The van der Waals surface area contributed by atoms with Gasteiger partial charge in [0, 0.05) is 39.4 Å². The summed E-state index contributed by atoms with van der Waals surface area (Å²) in [5.41, 5.74) is 2.06. The van der Waals surface area contributed by atoms with Crippen LogP contribution in [0.4, 0.5) is 5.69 Å². The second-order valence-electron chi connectivity index (χ2n) is 4.32. The van der Waals surface area contributed by atoms with Gasteiger partial charge in [0.25, 0.3) is 5.91 Å². The Bertz CT molecular complexity index is 656. The smallest absolute Gasteiger partial charge is 0.253 e. The quantitative estimate of drug-likeness (QED) is 0.796. The summed E-state index contributed by atoms with van der Waals surface area (Å²) in [5, 5.41) is 7.00. The van der Waals surface area contributed by atoms with E-state index in [4.69, 9.17) is 23.2 Å². The number of hydrogen-bond acceptors (Lipinski definition) is 2.